The van der Waals surface area contributed by atoms with E-state index >= 15 is 0 Å². The quantitative estimate of drug-likeness (QED) is 0.382. The Labute approximate surface area is 226 Å². The van der Waals surface area contributed by atoms with Crippen molar-refractivity contribution in [3.8, 4) is 11.3 Å². The van der Waals surface area contributed by atoms with Crippen LogP contribution in [-0.2, 0) is 25.1 Å². The number of rotatable bonds is 8. The van der Waals surface area contributed by atoms with Crippen molar-refractivity contribution in [3.05, 3.63) is 64.0 Å². The molecule has 0 saturated carbocycles. The van der Waals surface area contributed by atoms with Crippen molar-refractivity contribution < 1.29 is 41.9 Å². The summed E-state index contributed by atoms with van der Waals surface area (Å²) < 4.78 is 67.1. The van der Waals surface area contributed by atoms with Crippen LogP contribution in [0.2, 0.25) is 10.0 Å². The molecule has 0 bridgehead atoms. The average molecular weight is 594 g/mol. The van der Waals surface area contributed by atoms with Crippen molar-refractivity contribution in [2.75, 3.05) is 13.2 Å². The van der Waals surface area contributed by atoms with E-state index in [1.165, 1.54) is 31.3 Å². The number of carbonyl (C=O) groups excluding carboxylic acids is 1. The van der Waals surface area contributed by atoms with Crippen molar-refractivity contribution >= 4 is 39.8 Å². The van der Waals surface area contributed by atoms with Gasteiger partial charge in [0, 0.05) is 10.5 Å². The Hall–Kier alpha value is -2.39. The topological polar surface area (TPSA) is 124 Å². The lowest BCUT2D eigenvalue weighted by molar-refractivity contribution is -0.194. The number of hydrogen-bond acceptors (Lipinski definition) is 8. The molecule has 3 aromatic rings. The molecule has 4 rings (SSSR count). The Morgan fingerprint density at radius 2 is 1.87 bits per heavy atom. The average Bonchev–Trinajstić information content (AvgIpc) is 3.36. The number of aromatic nitrogens is 3. The van der Waals surface area contributed by atoms with Crippen molar-refractivity contribution in [2.24, 2.45) is 0 Å². The third-order valence-corrected chi connectivity index (χ3v) is 7.99. The Morgan fingerprint density at radius 3 is 2.47 bits per heavy atom. The van der Waals surface area contributed by atoms with E-state index in [0.717, 1.165) is 16.8 Å². The highest BCUT2D eigenvalue weighted by Gasteiger charge is 2.50. The molecule has 1 saturated heterocycles. The van der Waals surface area contributed by atoms with Gasteiger partial charge in [-0.2, -0.15) is 0 Å². The second kappa shape index (κ2) is 11.8. The summed E-state index contributed by atoms with van der Waals surface area (Å²) in [4.78, 5) is 11.9. The number of aliphatic hydroxyl groups is 2. The molecule has 2 N–H and O–H groups in total. The van der Waals surface area contributed by atoms with Gasteiger partial charge in [0.15, 0.2) is 28.7 Å². The molecule has 1 aliphatic heterocycles. The van der Waals surface area contributed by atoms with Crippen molar-refractivity contribution in [1.82, 2.24) is 15.0 Å². The van der Waals surface area contributed by atoms with Gasteiger partial charge in [0.2, 0.25) is 0 Å². The molecular weight excluding hydrogens is 574 g/mol. The smallest absolute Gasteiger partial charge is 0.194 e. The van der Waals surface area contributed by atoms with Crippen LogP contribution >= 0.6 is 23.2 Å². The molecule has 1 aliphatic rings. The van der Waals surface area contributed by atoms with Gasteiger partial charge in [0.05, 0.1) is 33.6 Å². The molecule has 15 heteroatoms. The van der Waals surface area contributed by atoms with E-state index in [0.29, 0.717) is 0 Å². The predicted molar refractivity (Wildman–Crippen MR) is 129 cm³/mol. The first kappa shape index (κ1) is 28.6. The minimum absolute atomic E-state index is 0.0884. The highest BCUT2D eigenvalue weighted by Crippen LogP contribution is 2.37. The first-order valence-electron chi connectivity index (χ1n) is 11.0. The fraction of sp³-hybridized carbons (Fsp3) is 0.348. The van der Waals surface area contributed by atoms with Crippen LogP contribution in [0.25, 0.3) is 11.3 Å². The molecule has 1 unspecified atom stereocenters. The Bertz CT molecular complexity index is 1360. The summed E-state index contributed by atoms with van der Waals surface area (Å²) in [7, 11) is -2.03. The van der Waals surface area contributed by atoms with Crippen LogP contribution in [0.5, 0.6) is 0 Å². The molecule has 0 radical (unpaired) electrons. The van der Waals surface area contributed by atoms with Gasteiger partial charge in [-0.05, 0) is 37.3 Å². The minimum atomic E-state index is -2.03. The van der Waals surface area contributed by atoms with E-state index < -0.39 is 77.0 Å². The van der Waals surface area contributed by atoms with E-state index in [-0.39, 0.29) is 26.2 Å². The minimum Gasteiger partial charge on any atom is -0.394 e. The lowest BCUT2D eigenvalue weighted by Crippen LogP contribution is -2.58. The summed E-state index contributed by atoms with van der Waals surface area (Å²) >= 11 is 12.0. The second-order valence-electron chi connectivity index (χ2n) is 8.40. The van der Waals surface area contributed by atoms with E-state index in [1.807, 2.05) is 0 Å². The molecule has 9 nitrogen and oxygen atoms in total. The van der Waals surface area contributed by atoms with E-state index in [9.17, 15) is 32.4 Å². The van der Waals surface area contributed by atoms with Crippen LogP contribution in [0.4, 0.5) is 13.2 Å². The SMILES string of the molecule is CC(=O)CO[C@@H]1[C@@H](n2cc(-c3cc(F)c(F)c(F)c3)nn2)[C@@H](O)[C@@H](CO)O[C@@H]1S(=O)c1ccc(Cl)c(Cl)c1. The zero-order valence-electron chi connectivity index (χ0n) is 19.4. The molecule has 0 amide bonds. The third-order valence-electron chi connectivity index (χ3n) is 5.73. The van der Waals surface area contributed by atoms with E-state index in [4.69, 9.17) is 32.7 Å². The number of nitrogens with zero attached hydrogens (tertiary/aromatic N) is 3. The van der Waals surface area contributed by atoms with Crippen molar-refractivity contribution in [1.29, 1.82) is 0 Å². The fourth-order valence-electron chi connectivity index (χ4n) is 3.92. The van der Waals surface area contributed by atoms with Gasteiger partial charge in [0.1, 0.15) is 36.7 Å². The fourth-order valence-corrected chi connectivity index (χ4v) is 5.71. The number of aliphatic hydroxyl groups excluding tert-OH is 2. The van der Waals surface area contributed by atoms with Gasteiger partial charge < -0.3 is 19.7 Å². The first-order chi connectivity index (χ1) is 18.0. The number of carbonyl (C=O) groups is 1. The summed E-state index contributed by atoms with van der Waals surface area (Å²) in [6.07, 6.45) is -2.90. The van der Waals surface area contributed by atoms with Gasteiger partial charge in [-0.1, -0.05) is 28.4 Å². The molecule has 1 aromatic heterocycles. The van der Waals surface area contributed by atoms with Crippen LogP contribution in [0.1, 0.15) is 13.0 Å². The van der Waals surface area contributed by atoms with Crippen LogP contribution in [0, 0.1) is 17.5 Å². The van der Waals surface area contributed by atoms with E-state index in [2.05, 4.69) is 10.3 Å². The maximum Gasteiger partial charge on any atom is 0.194 e. The maximum absolute atomic E-state index is 13.8. The van der Waals surface area contributed by atoms with Crippen LogP contribution in [0.15, 0.2) is 41.4 Å². The first-order valence-corrected chi connectivity index (χ1v) is 13.0. The molecule has 0 aliphatic carbocycles. The van der Waals surface area contributed by atoms with Gasteiger partial charge in [-0.3, -0.25) is 9.00 Å². The largest absolute Gasteiger partial charge is 0.394 e. The molecule has 38 heavy (non-hydrogen) atoms. The number of benzene rings is 2. The summed E-state index contributed by atoms with van der Waals surface area (Å²) in [6, 6.07) is 4.41. The normalized spacial score (nSPS) is 24.4. The standard InChI is InChI=1S/C23H20Cl2F3N3O6S/c1-10(33)9-36-22-20(31-7-17(29-30-31)11-4-15(26)19(28)16(27)5-11)21(34)18(8-32)37-23(22)38(35)12-2-3-13(24)14(25)6-12/h2-7,18,20-23,32,34H,8-9H2,1H3/t18-,20+,21+,22-,23-,38?/m1/s1. The zero-order valence-corrected chi connectivity index (χ0v) is 21.8. The molecule has 2 heterocycles. The number of Topliss-reactive ketones (excluding diaryl/α,β-unsaturated/α-hetero) is 1. The van der Waals surface area contributed by atoms with Crippen LogP contribution < -0.4 is 0 Å². The summed E-state index contributed by atoms with van der Waals surface area (Å²) in [6.45, 7) is 0.107. The number of halogens is 5. The molecule has 1 fully saturated rings. The number of ketones is 1. The molecule has 0 spiro atoms. The van der Waals surface area contributed by atoms with Crippen molar-refractivity contribution in [3.63, 3.8) is 0 Å². The van der Waals surface area contributed by atoms with Crippen molar-refractivity contribution in [2.45, 2.75) is 41.6 Å². The van der Waals surface area contributed by atoms with Gasteiger partial charge in [0.25, 0.3) is 0 Å². The van der Waals surface area contributed by atoms with Gasteiger partial charge >= 0.3 is 0 Å². The highest BCUT2D eigenvalue weighted by molar-refractivity contribution is 7.85. The summed E-state index contributed by atoms with van der Waals surface area (Å²) in [5.74, 6) is -4.93. The van der Waals surface area contributed by atoms with E-state index in [1.54, 1.807) is 0 Å². The Kier molecular flexibility index (Phi) is 8.87. The molecule has 204 valence electrons. The lowest BCUT2D eigenvalue weighted by atomic mass is 9.97. The molecule has 6 atom stereocenters. The van der Waals surface area contributed by atoms with Gasteiger partial charge in [-0.15, -0.1) is 5.10 Å². The Balaban J connectivity index is 1.76. The molecular formula is C23H20Cl2F3N3O6S. The Morgan fingerprint density at radius 1 is 1.18 bits per heavy atom. The van der Waals surface area contributed by atoms with Crippen LogP contribution in [0.3, 0.4) is 0 Å². The highest BCUT2D eigenvalue weighted by atomic mass is 35.5. The predicted octanol–water partition coefficient (Wildman–Crippen LogP) is 3.07. The number of hydrogen-bond donors (Lipinski definition) is 2. The zero-order chi connectivity index (χ0) is 27.7. The third kappa shape index (κ3) is 5.78. The second-order valence-corrected chi connectivity index (χ2v) is 10.7. The van der Waals surface area contributed by atoms with Crippen LogP contribution in [-0.4, -0.2) is 72.2 Å². The maximum atomic E-state index is 13.8. The molecule has 2 aromatic carbocycles. The van der Waals surface area contributed by atoms with Gasteiger partial charge in [-0.25, -0.2) is 17.9 Å². The summed E-state index contributed by atoms with van der Waals surface area (Å²) in [5, 5.41) is 29.0. The lowest BCUT2D eigenvalue weighted by Gasteiger charge is -2.43. The number of ether oxygens (including phenoxy) is 2. The summed E-state index contributed by atoms with van der Waals surface area (Å²) in [5.41, 5.74) is -1.59. The monoisotopic (exact) mass is 593 g/mol.